The summed E-state index contributed by atoms with van der Waals surface area (Å²) in [5.74, 6) is 0.0536. The molecule has 2 heterocycles. The summed E-state index contributed by atoms with van der Waals surface area (Å²) in [6, 6.07) is 4.14. The minimum Gasteiger partial charge on any atom is -0.464 e. The second-order valence-electron chi connectivity index (χ2n) is 6.53. The fourth-order valence-electron chi connectivity index (χ4n) is 3.06. The maximum absolute atomic E-state index is 12.2. The highest BCUT2D eigenvalue weighted by molar-refractivity contribution is 5.88. The van der Waals surface area contributed by atoms with Gasteiger partial charge in [0.2, 0.25) is 5.91 Å². The Morgan fingerprint density at radius 2 is 1.96 bits per heavy atom. The maximum atomic E-state index is 12.2. The van der Waals surface area contributed by atoms with E-state index < -0.39 is 0 Å². The zero-order chi connectivity index (χ0) is 16.9. The number of benzene rings is 1. The normalized spacial score (nSPS) is 15.8. The topological polar surface area (TPSA) is 54.7 Å². The maximum Gasteiger partial charge on any atom is 0.224 e. The molecule has 0 bridgehead atoms. The first-order valence-corrected chi connectivity index (χ1v) is 8.67. The molecule has 1 aromatic carbocycles. The van der Waals surface area contributed by atoms with E-state index in [9.17, 15) is 4.79 Å². The van der Waals surface area contributed by atoms with Gasteiger partial charge in [-0.25, -0.2) is 0 Å². The predicted molar refractivity (Wildman–Crippen MR) is 94.3 cm³/mol. The summed E-state index contributed by atoms with van der Waals surface area (Å²) in [5.41, 5.74) is 4.24. The van der Waals surface area contributed by atoms with Crippen molar-refractivity contribution in [2.24, 2.45) is 0 Å². The SMILES string of the molecule is Cc1cc2occ(CC(=O)NCCCN3CCOCC3)c2cc1C. The van der Waals surface area contributed by atoms with Gasteiger partial charge < -0.3 is 14.5 Å². The largest absolute Gasteiger partial charge is 0.464 e. The van der Waals surface area contributed by atoms with Gasteiger partial charge in [0.05, 0.1) is 25.9 Å². The number of carbonyl (C=O) groups excluding carboxylic acids is 1. The van der Waals surface area contributed by atoms with Crippen LogP contribution in [0, 0.1) is 13.8 Å². The monoisotopic (exact) mass is 330 g/mol. The molecule has 1 saturated heterocycles. The molecular weight excluding hydrogens is 304 g/mol. The van der Waals surface area contributed by atoms with Gasteiger partial charge in [-0.05, 0) is 50.1 Å². The molecule has 0 radical (unpaired) electrons. The van der Waals surface area contributed by atoms with E-state index in [2.05, 4.69) is 30.1 Å². The van der Waals surface area contributed by atoms with Crippen LogP contribution >= 0.6 is 0 Å². The Labute approximate surface area is 143 Å². The third-order valence-electron chi connectivity index (χ3n) is 4.70. The van der Waals surface area contributed by atoms with Crippen LogP contribution in [0.15, 0.2) is 22.8 Å². The zero-order valence-corrected chi connectivity index (χ0v) is 14.6. The molecule has 1 N–H and O–H groups in total. The van der Waals surface area contributed by atoms with Crippen LogP contribution in [-0.4, -0.2) is 50.2 Å². The quantitative estimate of drug-likeness (QED) is 0.827. The molecule has 0 spiro atoms. The van der Waals surface area contributed by atoms with Crippen LogP contribution in [0.1, 0.15) is 23.1 Å². The lowest BCUT2D eigenvalue weighted by Gasteiger charge is -2.26. The first-order valence-electron chi connectivity index (χ1n) is 8.67. The molecule has 24 heavy (non-hydrogen) atoms. The van der Waals surface area contributed by atoms with Crippen molar-refractivity contribution in [2.45, 2.75) is 26.7 Å². The van der Waals surface area contributed by atoms with Crippen LogP contribution in [0.4, 0.5) is 0 Å². The Bertz CT molecular complexity index is 702. The third kappa shape index (κ3) is 4.16. The molecular formula is C19H26N2O3. The lowest BCUT2D eigenvalue weighted by molar-refractivity contribution is -0.120. The summed E-state index contributed by atoms with van der Waals surface area (Å²) >= 11 is 0. The molecule has 3 rings (SSSR count). The highest BCUT2D eigenvalue weighted by atomic mass is 16.5. The van der Waals surface area contributed by atoms with E-state index in [-0.39, 0.29) is 5.91 Å². The fourth-order valence-corrected chi connectivity index (χ4v) is 3.06. The molecule has 0 aliphatic carbocycles. The number of furan rings is 1. The van der Waals surface area contributed by atoms with E-state index in [1.165, 1.54) is 11.1 Å². The molecule has 5 nitrogen and oxygen atoms in total. The smallest absolute Gasteiger partial charge is 0.224 e. The van der Waals surface area contributed by atoms with E-state index in [0.717, 1.165) is 55.8 Å². The number of aryl methyl sites for hydroxylation is 2. The molecule has 130 valence electrons. The van der Waals surface area contributed by atoms with Gasteiger partial charge in [-0.3, -0.25) is 9.69 Å². The van der Waals surface area contributed by atoms with Gasteiger partial charge in [0.15, 0.2) is 0 Å². The van der Waals surface area contributed by atoms with Crippen LogP contribution in [0.25, 0.3) is 11.0 Å². The van der Waals surface area contributed by atoms with Crippen molar-refractivity contribution in [1.29, 1.82) is 0 Å². The van der Waals surface area contributed by atoms with Crippen molar-refractivity contribution in [3.05, 3.63) is 35.1 Å². The first kappa shape index (κ1) is 17.0. The standard InChI is InChI=1S/C19H26N2O3/c1-14-10-17-16(13-24-18(17)11-15(14)2)12-19(22)20-4-3-5-21-6-8-23-9-7-21/h10-11,13H,3-9,12H2,1-2H3,(H,20,22). The third-order valence-corrected chi connectivity index (χ3v) is 4.70. The van der Waals surface area contributed by atoms with Crippen LogP contribution in [0.5, 0.6) is 0 Å². The molecule has 1 amide bonds. The van der Waals surface area contributed by atoms with Gasteiger partial charge >= 0.3 is 0 Å². The zero-order valence-electron chi connectivity index (χ0n) is 14.6. The number of rotatable bonds is 6. The summed E-state index contributed by atoms with van der Waals surface area (Å²) < 4.78 is 10.9. The van der Waals surface area contributed by atoms with Gasteiger partial charge in [0.25, 0.3) is 0 Å². The average molecular weight is 330 g/mol. The molecule has 1 fully saturated rings. The number of ether oxygens (including phenoxy) is 1. The second kappa shape index (κ2) is 7.81. The summed E-state index contributed by atoms with van der Waals surface area (Å²) in [6.45, 7) is 9.50. The number of hydrogen-bond acceptors (Lipinski definition) is 4. The lowest BCUT2D eigenvalue weighted by atomic mass is 10.0. The van der Waals surface area contributed by atoms with Crippen LogP contribution < -0.4 is 5.32 Å². The Morgan fingerprint density at radius 3 is 2.75 bits per heavy atom. The average Bonchev–Trinajstić information content (AvgIpc) is 2.95. The number of nitrogens with one attached hydrogen (secondary N) is 1. The number of carbonyl (C=O) groups is 1. The summed E-state index contributed by atoms with van der Waals surface area (Å²) in [7, 11) is 0. The number of amides is 1. The number of morpholine rings is 1. The van der Waals surface area contributed by atoms with E-state index in [1.807, 2.05) is 6.07 Å². The number of hydrogen-bond donors (Lipinski definition) is 1. The van der Waals surface area contributed by atoms with Gasteiger partial charge in [-0.15, -0.1) is 0 Å². The second-order valence-corrected chi connectivity index (χ2v) is 6.53. The highest BCUT2D eigenvalue weighted by Crippen LogP contribution is 2.25. The molecule has 1 aliphatic rings. The van der Waals surface area contributed by atoms with Crippen LogP contribution in [0.3, 0.4) is 0 Å². The van der Waals surface area contributed by atoms with Gasteiger partial charge in [0, 0.05) is 30.6 Å². The summed E-state index contributed by atoms with van der Waals surface area (Å²) in [5, 5.41) is 4.06. The van der Waals surface area contributed by atoms with Crippen molar-refractivity contribution < 1.29 is 13.9 Å². The number of nitrogens with zero attached hydrogens (tertiary/aromatic N) is 1. The van der Waals surface area contributed by atoms with Crippen molar-refractivity contribution in [2.75, 3.05) is 39.4 Å². The van der Waals surface area contributed by atoms with E-state index in [4.69, 9.17) is 9.15 Å². The minimum absolute atomic E-state index is 0.0536. The molecule has 0 unspecified atom stereocenters. The van der Waals surface area contributed by atoms with Crippen LogP contribution in [-0.2, 0) is 16.0 Å². The van der Waals surface area contributed by atoms with Crippen molar-refractivity contribution in [1.82, 2.24) is 10.2 Å². The summed E-state index contributed by atoms with van der Waals surface area (Å²) in [4.78, 5) is 14.6. The molecule has 5 heteroatoms. The van der Waals surface area contributed by atoms with E-state index >= 15 is 0 Å². The van der Waals surface area contributed by atoms with E-state index in [0.29, 0.717) is 13.0 Å². The summed E-state index contributed by atoms with van der Waals surface area (Å²) in [6.07, 6.45) is 3.04. The Morgan fingerprint density at radius 1 is 1.21 bits per heavy atom. The van der Waals surface area contributed by atoms with E-state index in [1.54, 1.807) is 6.26 Å². The molecule has 2 aromatic rings. The molecule has 1 aliphatic heterocycles. The molecule has 0 saturated carbocycles. The molecule has 0 atom stereocenters. The Kier molecular flexibility index (Phi) is 5.53. The van der Waals surface area contributed by atoms with Gasteiger partial charge in [0.1, 0.15) is 5.58 Å². The van der Waals surface area contributed by atoms with Gasteiger partial charge in [-0.1, -0.05) is 0 Å². The fraction of sp³-hybridized carbons (Fsp3) is 0.526. The Hall–Kier alpha value is -1.85. The van der Waals surface area contributed by atoms with Crippen molar-refractivity contribution >= 4 is 16.9 Å². The first-order chi connectivity index (χ1) is 11.6. The van der Waals surface area contributed by atoms with Crippen molar-refractivity contribution in [3.8, 4) is 0 Å². The molecule has 1 aromatic heterocycles. The minimum atomic E-state index is 0.0536. The number of fused-ring (bicyclic) bond motifs is 1. The lowest BCUT2D eigenvalue weighted by Crippen LogP contribution is -2.38. The van der Waals surface area contributed by atoms with Crippen molar-refractivity contribution in [3.63, 3.8) is 0 Å². The van der Waals surface area contributed by atoms with Crippen LogP contribution in [0.2, 0.25) is 0 Å². The predicted octanol–water partition coefficient (Wildman–Crippen LogP) is 2.43. The highest BCUT2D eigenvalue weighted by Gasteiger charge is 2.12. The van der Waals surface area contributed by atoms with Gasteiger partial charge in [-0.2, -0.15) is 0 Å². The Balaban J connectivity index is 1.47.